The lowest BCUT2D eigenvalue weighted by atomic mass is 9.89. The van der Waals surface area contributed by atoms with Gasteiger partial charge in [-0.2, -0.15) is 0 Å². The van der Waals surface area contributed by atoms with Gasteiger partial charge in [-0.15, -0.1) is 0 Å². The van der Waals surface area contributed by atoms with Crippen LogP contribution in [0, 0.1) is 12.8 Å². The summed E-state index contributed by atoms with van der Waals surface area (Å²) in [6, 6.07) is 4.15. The van der Waals surface area contributed by atoms with E-state index in [1.165, 1.54) is 0 Å². The largest absolute Gasteiger partial charge is 0.493 e. The number of hydrogen-bond acceptors (Lipinski definition) is 3. The van der Waals surface area contributed by atoms with Gasteiger partial charge in [0.2, 0.25) is 5.91 Å². The van der Waals surface area contributed by atoms with E-state index in [2.05, 4.69) is 38.2 Å². The van der Waals surface area contributed by atoms with Crippen molar-refractivity contribution in [2.75, 3.05) is 6.61 Å². The first-order valence-electron chi connectivity index (χ1n) is 7.20. The number of fused-ring (bicyclic) bond motifs is 1. The zero-order valence-corrected chi connectivity index (χ0v) is 12.7. The first-order valence-corrected chi connectivity index (χ1v) is 7.20. The number of aryl methyl sites for hydroxylation is 1. The number of hydrogen-bond donors (Lipinski definition) is 2. The first-order chi connectivity index (χ1) is 9.40. The fraction of sp³-hybridized carbons (Fsp3) is 0.562. The molecule has 0 aliphatic carbocycles. The third-order valence-electron chi connectivity index (χ3n) is 3.77. The van der Waals surface area contributed by atoms with Crippen LogP contribution in [0.1, 0.15) is 56.0 Å². The molecule has 0 radical (unpaired) electrons. The molecule has 1 aromatic rings. The maximum atomic E-state index is 11.4. The Balaban J connectivity index is 2.47. The van der Waals surface area contributed by atoms with Crippen molar-refractivity contribution in [3.05, 3.63) is 28.8 Å². The molecule has 0 aromatic heterocycles. The van der Waals surface area contributed by atoms with Gasteiger partial charge < -0.3 is 15.8 Å². The third-order valence-corrected chi connectivity index (χ3v) is 3.77. The molecule has 3 N–H and O–H groups in total. The van der Waals surface area contributed by atoms with E-state index in [1.54, 1.807) is 6.92 Å². The molecule has 0 saturated carbocycles. The quantitative estimate of drug-likeness (QED) is 0.892. The van der Waals surface area contributed by atoms with E-state index < -0.39 is 0 Å². The monoisotopic (exact) mass is 276 g/mol. The summed E-state index contributed by atoms with van der Waals surface area (Å²) in [6.07, 6.45) is 0.798. The van der Waals surface area contributed by atoms with Crippen LogP contribution in [0.2, 0.25) is 0 Å². The SMILES string of the molecule is CC(=O)NC1CCOc2c1cc(C)cc2C(N)C(C)C. The highest BCUT2D eigenvalue weighted by atomic mass is 16.5. The van der Waals surface area contributed by atoms with E-state index in [9.17, 15) is 4.79 Å². The number of rotatable bonds is 3. The molecule has 1 heterocycles. The van der Waals surface area contributed by atoms with Gasteiger partial charge >= 0.3 is 0 Å². The molecule has 2 unspecified atom stereocenters. The zero-order chi connectivity index (χ0) is 14.9. The van der Waals surface area contributed by atoms with Gasteiger partial charge in [-0.05, 0) is 12.8 Å². The second-order valence-corrected chi connectivity index (χ2v) is 5.93. The van der Waals surface area contributed by atoms with Crippen molar-refractivity contribution in [2.45, 2.75) is 46.2 Å². The number of nitrogens with two attached hydrogens (primary N) is 1. The Labute approximate surface area is 120 Å². The summed E-state index contributed by atoms with van der Waals surface area (Å²) in [5, 5.41) is 3.00. The number of amides is 1. The van der Waals surface area contributed by atoms with Crippen LogP contribution in [-0.2, 0) is 4.79 Å². The van der Waals surface area contributed by atoms with Crippen LogP contribution in [0.4, 0.5) is 0 Å². The molecular formula is C16H24N2O2. The lowest BCUT2D eigenvalue weighted by Gasteiger charge is -2.31. The summed E-state index contributed by atoms with van der Waals surface area (Å²) in [5.41, 5.74) is 9.56. The average molecular weight is 276 g/mol. The highest BCUT2D eigenvalue weighted by molar-refractivity contribution is 5.73. The summed E-state index contributed by atoms with van der Waals surface area (Å²) < 4.78 is 5.86. The van der Waals surface area contributed by atoms with E-state index in [0.29, 0.717) is 12.5 Å². The fourth-order valence-corrected chi connectivity index (χ4v) is 2.69. The van der Waals surface area contributed by atoms with Crippen molar-refractivity contribution >= 4 is 5.91 Å². The molecular weight excluding hydrogens is 252 g/mol. The number of carbonyl (C=O) groups is 1. The Hall–Kier alpha value is -1.55. The molecule has 2 rings (SSSR count). The van der Waals surface area contributed by atoms with Crippen molar-refractivity contribution in [1.29, 1.82) is 0 Å². The van der Waals surface area contributed by atoms with E-state index in [1.807, 2.05) is 0 Å². The lowest BCUT2D eigenvalue weighted by molar-refractivity contribution is -0.119. The normalized spacial score (nSPS) is 19.2. The molecule has 4 heteroatoms. The Morgan fingerprint density at radius 2 is 2.15 bits per heavy atom. The van der Waals surface area contributed by atoms with Crippen LogP contribution in [0.25, 0.3) is 0 Å². The number of benzene rings is 1. The lowest BCUT2D eigenvalue weighted by Crippen LogP contribution is -2.31. The molecule has 20 heavy (non-hydrogen) atoms. The first kappa shape index (κ1) is 14.9. The Morgan fingerprint density at radius 3 is 2.75 bits per heavy atom. The summed E-state index contributed by atoms with van der Waals surface area (Å²) in [4.78, 5) is 11.4. The zero-order valence-electron chi connectivity index (χ0n) is 12.7. The fourth-order valence-electron chi connectivity index (χ4n) is 2.69. The minimum Gasteiger partial charge on any atom is -0.493 e. The van der Waals surface area contributed by atoms with Crippen LogP contribution in [0.3, 0.4) is 0 Å². The molecule has 0 saturated heterocycles. The average Bonchev–Trinajstić information content (AvgIpc) is 2.37. The van der Waals surface area contributed by atoms with Crippen molar-refractivity contribution < 1.29 is 9.53 Å². The van der Waals surface area contributed by atoms with Gasteiger partial charge in [0, 0.05) is 30.5 Å². The van der Waals surface area contributed by atoms with Crippen molar-refractivity contribution in [2.24, 2.45) is 11.7 Å². The van der Waals surface area contributed by atoms with E-state index in [0.717, 1.165) is 28.9 Å². The van der Waals surface area contributed by atoms with Gasteiger partial charge in [-0.25, -0.2) is 0 Å². The topological polar surface area (TPSA) is 64.3 Å². The summed E-state index contributed by atoms with van der Waals surface area (Å²) >= 11 is 0. The second kappa shape index (κ2) is 5.83. The van der Waals surface area contributed by atoms with Gasteiger partial charge in [0.05, 0.1) is 12.6 Å². The van der Waals surface area contributed by atoms with Crippen molar-refractivity contribution in [3.63, 3.8) is 0 Å². The molecule has 0 fully saturated rings. The van der Waals surface area contributed by atoms with E-state index in [-0.39, 0.29) is 18.0 Å². The molecule has 1 aliphatic heterocycles. The molecule has 0 spiro atoms. The third kappa shape index (κ3) is 2.96. The summed E-state index contributed by atoms with van der Waals surface area (Å²) in [5.74, 6) is 1.19. The molecule has 1 aromatic carbocycles. The van der Waals surface area contributed by atoms with Gasteiger partial charge in [0.1, 0.15) is 5.75 Å². The molecule has 1 amide bonds. The van der Waals surface area contributed by atoms with Gasteiger partial charge in [0.25, 0.3) is 0 Å². The van der Waals surface area contributed by atoms with E-state index >= 15 is 0 Å². The Morgan fingerprint density at radius 1 is 1.45 bits per heavy atom. The van der Waals surface area contributed by atoms with Gasteiger partial charge in [0.15, 0.2) is 0 Å². The minimum absolute atomic E-state index is 0.0148. The summed E-state index contributed by atoms with van der Waals surface area (Å²) in [6.45, 7) is 8.42. The predicted molar refractivity (Wildman–Crippen MR) is 79.6 cm³/mol. The van der Waals surface area contributed by atoms with Gasteiger partial charge in [-0.3, -0.25) is 4.79 Å². The van der Waals surface area contributed by atoms with Gasteiger partial charge in [-0.1, -0.05) is 31.5 Å². The molecule has 0 bridgehead atoms. The standard InChI is InChI=1S/C16H24N2O2/c1-9(2)15(17)13-8-10(3)7-12-14(18-11(4)19)5-6-20-16(12)13/h7-9,14-15H,5-6,17H2,1-4H3,(H,18,19). The van der Waals surface area contributed by atoms with Crippen LogP contribution in [-0.4, -0.2) is 12.5 Å². The molecule has 110 valence electrons. The maximum Gasteiger partial charge on any atom is 0.217 e. The van der Waals surface area contributed by atoms with Crippen molar-refractivity contribution in [3.8, 4) is 5.75 Å². The van der Waals surface area contributed by atoms with Crippen molar-refractivity contribution in [1.82, 2.24) is 5.32 Å². The van der Waals surface area contributed by atoms with Crippen LogP contribution in [0.5, 0.6) is 5.75 Å². The molecule has 2 atom stereocenters. The molecule has 4 nitrogen and oxygen atoms in total. The predicted octanol–water partition coefficient (Wildman–Crippen LogP) is 2.61. The van der Waals surface area contributed by atoms with E-state index in [4.69, 9.17) is 10.5 Å². The second-order valence-electron chi connectivity index (χ2n) is 5.93. The van der Waals surface area contributed by atoms with Crippen LogP contribution in [0.15, 0.2) is 12.1 Å². The maximum absolute atomic E-state index is 11.4. The van der Waals surface area contributed by atoms with Crippen LogP contribution >= 0.6 is 0 Å². The smallest absolute Gasteiger partial charge is 0.217 e. The highest BCUT2D eigenvalue weighted by Gasteiger charge is 2.27. The molecule has 1 aliphatic rings. The highest BCUT2D eigenvalue weighted by Crippen LogP contribution is 2.39. The number of ether oxygens (including phenoxy) is 1. The number of carbonyl (C=O) groups excluding carboxylic acids is 1. The minimum atomic E-state index is -0.0558. The Kier molecular flexibility index (Phi) is 4.33. The van der Waals surface area contributed by atoms with Crippen LogP contribution < -0.4 is 15.8 Å². The Bertz CT molecular complexity index is 511. The summed E-state index contributed by atoms with van der Waals surface area (Å²) in [7, 11) is 0. The number of nitrogens with one attached hydrogen (secondary N) is 1.